The van der Waals surface area contributed by atoms with Gasteiger partial charge in [0, 0.05) is 11.4 Å². The highest BCUT2D eigenvalue weighted by molar-refractivity contribution is 7.93. The van der Waals surface area contributed by atoms with Crippen LogP contribution in [0.15, 0.2) is 35.1 Å². The largest absolute Gasteiger partial charge is 0.315 e. The molecule has 2 aromatic heterocycles. The number of nitrogens with zero attached hydrogens (tertiary/aromatic N) is 2. The van der Waals surface area contributed by atoms with Gasteiger partial charge in [-0.1, -0.05) is 0 Å². The highest BCUT2D eigenvalue weighted by Gasteiger charge is 2.19. The highest BCUT2D eigenvalue weighted by atomic mass is 32.2. The van der Waals surface area contributed by atoms with E-state index in [4.69, 9.17) is 0 Å². The Morgan fingerprint density at radius 1 is 1.33 bits per heavy atom. The number of rotatable bonds is 5. The third kappa shape index (κ3) is 2.84. The maximum atomic E-state index is 12.2. The van der Waals surface area contributed by atoms with Crippen LogP contribution in [0.4, 0.5) is 5.69 Å². The monoisotopic (exact) mass is 284 g/mol. The lowest BCUT2D eigenvalue weighted by Gasteiger charge is -2.07. The highest BCUT2D eigenvalue weighted by Crippen LogP contribution is 2.23. The van der Waals surface area contributed by atoms with Gasteiger partial charge in [-0.05, 0) is 18.5 Å². The lowest BCUT2D eigenvalue weighted by Crippen LogP contribution is -2.15. The van der Waals surface area contributed by atoms with E-state index in [1.807, 2.05) is 0 Å². The molecule has 0 amide bonds. The van der Waals surface area contributed by atoms with Crippen molar-refractivity contribution < 1.29 is 8.42 Å². The van der Waals surface area contributed by atoms with Crippen LogP contribution in [0.2, 0.25) is 0 Å². The van der Waals surface area contributed by atoms with Crippen LogP contribution in [0, 0.1) is 0 Å². The molecule has 18 heavy (non-hydrogen) atoms. The predicted molar refractivity (Wildman–Crippen MR) is 69.9 cm³/mol. The summed E-state index contributed by atoms with van der Waals surface area (Å²) in [5.74, 6) is 0. The Morgan fingerprint density at radius 3 is 2.72 bits per heavy atom. The molecule has 0 saturated heterocycles. The van der Waals surface area contributed by atoms with Crippen LogP contribution in [0.1, 0.15) is 4.88 Å². The molecule has 2 rings (SSSR count). The minimum absolute atomic E-state index is 0.283. The molecule has 0 radical (unpaired) electrons. The van der Waals surface area contributed by atoms with Crippen molar-refractivity contribution in [3.63, 3.8) is 0 Å². The Bertz CT molecular complexity index is 610. The predicted octanol–water partition coefficient (Wildman–Crippen LogP) is 1.06. The van der Waals surface area contributed by atoms with Gasteiger partial charge in [0.1, 0.15) is 11.2 Å². The first kappa shape index (κ1) is 12.9. The van der Waals surface area contributed by atoms with Gasteiger partial charge in [0.15, 0.2) is 0 Å². The van der Waals surface area contributed by atoms with E-state index in [1.54, 1.807) is 18.5 Å². The fraction of sp³-hybridized carbons (Fsp3) is 0.200. The van der Waals surface area contributed by atoms with Crippen molar-refractivity contribution in [1.29, 1.82) is 0 Å². The first-order valence-corrected chi connectivity index (χ1v) is 7.48. The molecule has 96 valence electrons. The second kappa shape index (κ2) is 5.42. The van der Waals surface area contributed by atoms with E-state index in [1.165, 1.54) is 30.1 Å². The van der Waals surface area contributed by atoms with Gasteiger partial charge in [0.25, 0.3) is 10.0 Å². The number of nitrogens with one attached hydrogen (secondary N) is 2. The zero-order valence-electron chi connectivity index (χ0n) is 9.62. The van der Waals surface area contributed by atoms with Crippen molar-refractivity contribution in [3.05, 3.63) is 35.0 Å². The van der Waals surface area contributed by atoms with Crippen LogP contribution in [0.5, 0.6) is 0 Å². The number of hydrogen-bond donors (Lipinski definition) is 2. The smallest absolute Gasteiger partial charge is 0.263 e. The first-order valence-electron chi connectivity index (χ1n) is 5.12. The summed E-state index contributed by atoms with van der Waals surface area (Å²) in [5, 5.41) is 4.69. The summed E-state index contributed by atoms with van der Waals surface area (Å²) >= 11 is 1.40. The first-order chi connectivity index (χ1) is 8.63. The van der Waals surface area contributed by atoms with Crippen LogP contribution in [0.3, 0.4) is 0 Å². The summed E-state index contributed by atoms with van der Waals surface area (Å²) in [6, 6.07) is 1.59. The second-order valence-electron chi connectivity index (χ2n) is 3.47. The van der Waals surface area contributed by atoms with Crippen molar-refractivity contribution in [2.24, 2.45) is 0 Å². The van der Waals surface area contributed by atoms with Crippen molar-refractivity contribution in [2.75, 3.05) is 11.8 Å². The maximum Gasteiger partial charge on any atom is 0.263 e. The Balaban J connectivity index is 2.28. The molecule has 2 heterocycles. The SMILES string of the molecule is CNCc1sccc1S(=O)(=O)Nc1cncnc1. The molecule has 0 fully saturated rings. The van der Waals surface area contributed by atoms with E-state index in [9.17, 15) is 8.42 Å². The molecule has 0 unspecified atom stereocenters. The average Bonchev–Trinajstić information content (AvgIpc) is 2.79. The molecule has 0 aliphatic rings. The second-order valence-corrected chi connectivity index (χ2v) is 6.12. The Morgan fingerprint density at radius 2 is 2.06 bits per heavy atom. The quantitative estimate of drug-likeness (QED) is 0.857. The topological polar surface area (TPSA) is 84.0 Å². The van der Waals surface area contributed by atoms with Crippen LogP contribution in [0.25, 0.3) is 0 Å². The van der Waals surface area contributed by atoms with Gasteiger partial charge < -0.3 is 5.32 Å². The van der Waals surface area contributed by atoms with E-state index in [-0.39, 0.29) is 4.90 Å². The van der Waals surface area contributed by atoms with Gasteiger partial charge in [-0.3, -0.25) is 4.72 Å². The molecular formula is C10H12N4O2S2. The van der Waals surface area contributed by atoms with Gasteiger partial charge in [-0.15, -0.1) is 11.3 Å². The van der Waals surface area contributed by atoms with Crippen molar-refractivity contribution in [3.8, 4) is 0 Å². The zero-order chi connectivity index (χ0) is 13.0. The van der Waals surface area contributed by atoms with Crippen LogP contribution in [-0.4, -0.2) is 25.4 Å². The molecule has 0 spiro atoms. The van der Waals surface area contributed by atoms with Crippen LogP contribution < -0.4 is 10.0 Å². The van der Waals surface area contributed by atoms with E-state index in [0.717, 1.165) is 4.88 Å². The Hall–Kier alpha value is -1.51. The number of hydrogen-bond acceptors (Lipinski definition) is 6. The van der Waals surface area contributed by atoms with E-state index in [0.29, 0.717) is 12.2 Å². The molecule has 0 aromatic carbocycles. The normalized spacial score (nSPS) is 11.4. The molecule has 0 aliphatic heterocycles. The molecule has 0 bridgehead atoms. The third-order valence-electron chi connectivity index (χ3n) is 2.14. The maximum absolute atomic E-state index is 12.2. The van der Waals surface area contributed by atoms with E-state index < -0.39 is 10.0 Å². The number of thiophene rings is 1. The fourth-order valence-electron chi connectivity index (χ4n) is 1.42. The van der Waals surface area contributed by atoms with Gasteiger partial charge >= 0.3 is 0 Å². The Labute approximate surface area is 109 Å². The summed E-state index contributed by atoms with van der Waals surface area (Å²) in [6.45, 7) is 0.513. The fourth-order valence-corrected chi connectivity index (χ4v) is 3.90. The van der Waals surface area contributed by atoms with Crippen molar-refractivity contribution >= 4 is 27.0 Å². The molecule has 0 atom stereocenters. The van der Waals surface area contributed by atoms with Crippen LogP contribution >= 0.6 is 11.3 Å². The molecule has 8 heteroatoms. The van der Waals surface area contributed by atoms with Crippen LogP contribution in [-0.2, 0) is 16.6 Å². The molecule has 6 nitrogen and oxygen atoms in total. The summed E-state index contributed by atoms with van der Waals surface area (Å²) in [6.07, 6.45) is 4.16. The number of sulfonamides is 1. The van der Waals surface area contributed by atoms with E-state index >= 15 is 0 Å². The average molecular weight is 284 g/mol. The summed E-state index contributed by atoms with van der Waals surface area (Å²) < 4.78 is 26.8. The number of anilines is 1. The molecule has 2 N–H and O–H groups in total. The minimum atomic E-state index is -3.58. The van der Waals surface area contributed by atoms with Crippen molar-refractivity contribution in [2.45, 2.75) is 11.4 Å². The number of aromatic nitrogens is 2. The molecule has 0 saturated carbocycles. The molecule has 2 aromatic rings. The standard InChI is InChI=1S/C10H12N4O2S2/c1-11-6-9-10(2-3-17-9)18(15,16)14-8-4-12-7-13-5-8/h2-5,7,11,14H,6H2,1H3. The van der Waals surface area contributed by atoms with E-state index in [2.05, 4.69) is 20.0 Å². The lowest BCUT2D eigenvalue weighted by molar-refractivity contribution is 0.600. The summed E-state index contributed by atoms with van der Waals surface area (Å²) in [5.41, 5.74) is 0.346. The summed E-state index contributed by atoms with van der Waals surface area (Å²) in [4.78, 5) is 8.57. The summed E-state index contributed by atoms with van der Waals surface area (Å²) in [7, 11) is -1.81. The lowest BCUT2D eigenvalue weighted by atomic mass is 10.5. The van der Waals surface area contributed by atoms with Gasteiger partial charge in [0.05, 0.1) is 18.1 Å². The van der Waals surface area contributed by atoms with Gasteiger partial charge in [0.2, 0.25) is 0 Å². The molecular weight excluding hydrogens is 272 g/mol. The van der Waals surface area contributed by atoms with Gasteiger partial charge in [-0.25, -0.2) is 18.4 Å². The van der Waals surface area contributed by atoms with Gasteiger partial charge in [-0.2, -0.15) is 0 Å². The zero-order valence-corrected chi connectivity index (χ0v) is 11.3. The Kier molecular flexibility index (Phi) is 3.90. The third-order valence-corrected chi connectivity index (χ3v) is 4.66. The van der Waals surface area contributed by atoms with Crippen molar-refractivity contribution in [1.82, 2.24) is 15.3 Å². The minimum Gasteiger partial charge on any atom is -0.315 e. The molecule has 0 aliphatic carbocycles.